The van der Waals surface area contributed by atoms with Crippen LogP contribution in [0.15, 0.2) is 35.1 Å². The van der Waals surface area contributed by atoms with Gasteiger partial charge in [-0.3, -0.25) is 9.69 Å². The number of aromatic nitrogens is 2. The van der Waals surface area contributed by atoms with Crippen LogP contribution in [-0.4, -0.2) is 39.2 Å². The average molecular weight is 412 g/mol. The fourth-order valence-corrected chi connectivity index (χ4v) is 5.58. The molecule has 1 aliphatic rings. The number of aliphatic hydroxyl groups is 1. The van der Waals surface area contributed by atoms with E-state index >= 15 is 0 Å². The zero-order valence-corrected chi connectivity index (χ0v) is 17.8. The Balaban J connectivity index is 1.50. The number of H-pyrrole nitrogens is 1. The van der Waals surface area contributed by atoms with E-state index in [0.717, 1.165) is 48.0 Å². The normalized spacial score (nSPS) is 15.0. The Hall–Kier alpha value is -2.02. The van der Waals surface area contributed by atoms with Crippen LogP contribution < -0.4 is 5.56 Å². The molecule has 2 aromatic heterocycles. The van der Waals surface area contributed by atoms with Gasteiger partial charge in [0.25, 0.3) is 5.56 Å². The maximum Gasteiger partial charge on any atom is 0.259 e. The van der Waals surface area contributed by atoms with Crippen molar-refractivity contribution in [3.63, 3.8) is 0 Å². The van der Waals surface area contributed by atoms with Crippen LogP contribution in [0.25, 0.3) is 10.2 Å². The highest BCUT2D eigenvalue weighted by atomic mass is 32.1. The highest BCUT2D eigenvalue weighted by Crippen LogP contribution is 2.33. The molecule has 5 nitrogen and oxygen atoms in total. The van der Waals surface area contributed by atoms with Crippen molar-refractivity contribution in [2.75, 3.05) is 13.1 Å². The molecule has 0 fully saturated rings. The smallest absolute Gasteiger partial charge is 0.259 e. The van der Waals surface area contributed by atoms with E-state index in [1.165, 1.54) is 16.9 Å². The number of aromatic amines is 1. The Morgan fingerprint density at radius 1 is 1.24 bits per heavy atom. The van der Waals surface area contributed by atoms with Crippen molar-refractivity contribution in [3.8, 4) is 0 Å². The molecule has 0 radical (unpaired) electrons. The topological polar surface area (TPSA) is 69.2 Å². The van der Waals surface area contributed by atoms with E-state index in [1.807, 2.05) is 30.3 Å². The van der Waals surface area contributed by atoms with Gasteiger partial charge in [0, 0.05) is 11.4 Å². The van der Waals surface area contributed by atoms with Gasteiger partial charge in [-0.2, -0.15) is 0 Å². The molecule has 0 aliphatic heterocycles. The third-order valence-electron chi connectivity index (χ3n) is 5.57. The van der Waals surface area contributed by atoms with Gasteiger partial charge in [-0.1, -0.05) is 37.3 Å². The molecule has 0 spiro atoms. The number of fused-ring (bicyclic) bond motifs is 3. The van der Waals surface area contributed by atoms with Gasteiger partial charge in [0.1, 0.15) is 10.7 Å². The Morgan fingerprint density at radius 3 is 2.83 bits per heavy atom. The Labute approximate surface area is 175 Å². The van der Waals surface area contributed by atoms with Gasteiger partial charge in [0.15, 0.2) is 0 Å². The first-order valence-electron chi connectivity index (χ1n) is 10.6. The summed E-state index contributed by atoms with van der Waals surface area (Å²) in [5, 5.41) is 11.4. The van der Waals surface area contributed by atoms with E-state index < -0.39 is 6.10 Å². The van der Waals surface area contributed by atoms with Crippen LogP contribution in [0.1, 0.15) is 48.0 Å². The fourth-order valence-electron chi connectivity index (χ4n) is 4.30. The zero-order valence-electron chi connectivity index (χ0n) is 17.0. The van der Waals surface area contributed by atoms with Crippen LogP contribution in [0.4, 0.5) is 0 Å². The Bertz CT molecular complexity index is 1010. The number of thiophene rings is 1. The van der Waals surface area contributed by atoms with Gasteiger partial charge >= 0.3 is 0 Å². The lowest BCUT2D eigenvalue weighted by Crippen LogP contribution is -2.34. The maximum absolute atomic E-state index is 12.8. The summed E-state index contributed by atoms with van der Waals surface area (Å²) < 4.78 is 0. The molecule has 154 valence electrons. The van der Waals surface area contributed by atoms with Crippen molar-refractivity contribution in [1.82, 2.24) is 14.9 Å². The van der Waals surface area contributed by atoms with E-state index in [-0.39, 0.29) is 5.56 Å². The van der Waals surface area contributed by atoms with E-state index in [0.29, 0.717) is 25.3 Å². The summed E-state index contributed by atoms with van der Waals surface area (Å²) in [7, 11) is 0. The molecule has 0 bridgehead atoms. The number of nitrogens with one attached hydrogen (secondary N) is 1. The number of nitrogens with zero attached hydrogens (tertiary/aromatic N) is 2. The second kappa shape index (κ2) is 9.20. The largest absolute Gasteiger partial charge is 0.391 e. The lowest BCUT2D eigenvalue weighted by molar-refractivity contribution is 0.107. The SMILES string of the molecule is CCCN(Cc1nc2sc3c(c2c(=O)[nH]1)CCCC3)C[C@H](O)Cc1ccccc1. The molecule has 1 aliphatic carbocycles. The van der Waals surface area contributed by atoms with E-state index in [9.17, 15) is 9.90 Å². The molecule has 29 heavy (non-hydrogen) atoms. The summed E-state index contributed by atoms with van der Waals surface area (Å²) in [6.07, 6.45) is 5.58. The van der Waals surface area contributed by atoms with Crippen LogP contribution >= 0.6 is 11.3 Å². The second-order valence-corrected chi connectivity index (χ2v) is 9.07. The Kier molecular flexibility index (Phi) is 6.43. The predicted molar refractivity (Wildman–Crippen MR) is 119 cm³/mol. The molecule has 2 N–H and O–H groups in total. The first-order valence-corrected chi connectivity index (χ1v) is 11.4. The Morgan fingerprint density at radius 2 is 2.03 bits per heavy atom. The van der Waals surface area contributed by atoms with Gasteiger partial charge in [0.05, 0.1) is 18.0 Å². The van der Waals surface area contributed by atoms with Crippen LogP contribution in [0.3, 0.4) is 0 Å². The summed E-state index contributed by atoms with van der Waals surface area (Å²) >= 11 is 1.69. The first kappa shape index (κ1) is 20.3. The standard InChI is InChI=1S/C23H29N3O2S/c1-2-12-26(14-17(27)13-16-8-4-3-5-9-16)15-20-24-22(28)21-18-10-6-7-11-19(18)29-23(21)25-20/h3-5,8-9,17,27H,2,6-7,10-15H2,1H3,(H,24,25,28)/t17-/m1/s1. The fraction of sp³-hybridized carbons (Fsp3) is 0.478. The number of aliphatic hydroxyl groups excluding tert-OH is 1. The van der Waals surface area contributed by atoms with Gasteiger partial charge in [0.2, 0.25) is 0 Å². The first-order chi connectivity index (χ1) is 14.1. The minimum absolute atomic E-state index is 0.00863. The summed E-state index contributed by atoms with van der Waals surface area (Å²) in [5.41, 5.74) is 2.35. The van der Waals surface area contributed by atoms with Crippen molar-refractivity contribution >= 4 is 21.6 Å². The molecule has 0 amide bonds. The number of rotatable bonds is 8. The molecule has 2 heterocycles. The molecule has 0 saturated carbocycles. The van der Waals surface area contributed by atoms with Crippen molar-refractivity contribution in [2.24, 2.45) is 0 Å². The minimum atomic E-state index is -0.451. The molecular weight excluding hydrogens is 382 g/mol. The monoisotopic (exact) mass is 411 g/mol. The summed E-state index contributed by atoms with van der Waals surface area (Å²) in [4.78, 5) is 25.0. The predicted octanol–water partition coefficient (Wildman–Crippen LogP) is 3.68. The van der Waals surface area contributed by atoms with Crippen LogP contribution in [0.2, 0.25) is 0 Å². The van der Waals surface area contributed by atoms with E-state index in [1.54, 1.807) is 11.3 Å². The van der Waals surface area contributed by atoms with Gasteiger partial charge in [-0.15, -0.1) is 11.3 Å². The van der Waals surface area contributed by atoms with Crippen molar-refractivity contribution < 1.29 is 5.11 Å². The number of benzene rings is 1. The lowest BCUT2D eigenvalue weighted by atomic mass is 9.97. The third-order valence-corrected chi connectivity index (χ3v) is 6.76. The van der Waals surface area contributed by atoms with Crippen LogP contribution in [0.5, 0.6) is 0 Å². The maximum atomic E-state index is 12.8. The minimum Gasteiger partial charge on any atom is -0.391 e. The highest BCUT2D eigenvalue weighted by Gasteiger charge is 2.20. The van der Waals surface area contributed by atoms with Gasteiger partial charge < -0.3 is 10.1 Å². The summed E-state index contributed by atoms with van der Waals surface area (Å²) in [6, 6.07) is 10.1. The number of hydrogen-bond acceptors (Lipinski definition) is 5. The lowest BCUT2D eigenvalue weighted by Gasteiger charge is -2.24. The highest BCUT2D eigenvalue weighted by molar-refractivity contribution is 7.18. The van der Waals surface area contributed by atoms with Gasteiger partial charge in [-0.25, -0.2) is 4.98 Å². The quantitative estimate of drug-likeness (QED) is 0.593. The average Bonchev–Trinajstić information content (AvgIpc) is 3.07. The molecule has 1 atom stereocenters. The molecule has 0 saturated heterocycles. The molecule has 4 rings (SSSR count). The van der Waals surface area contributed by atoms with Crippen LogP contribution in [0, 0.1) is 0 Å². The number of aryl methyl sites for hydroxylation is 2. The van der Waals surface area contributed by atoms with Gasteiger partial charge in [-0.05, 0) is 56.2 Å². The molecular formula is C23H29N3O2S. The van der Waals surface area contributed by atoms with Crippen LogP contribution in [-0.2, 0) is 25.8 Å². The van der Waals surface area contributed by atoms with Crippen molar-refractivity contribution in [3.05, 3.63) is 62.5 Å². The third kappa shape index (κ3) is 4.77. The molecule has 6 heteroatoms. The van der Waals surface area contributed by atoms with E-state index in [2.05, 4.69) is 16.8 Å². The van der Waals surface area contributed by atoms with Crippen molar-refractivity contribution in [2.45, 2.75) is 58.1 Å². The number of hydrogen-bond donors (Lipinski definition) is 2. The summed E-state index contributed by atoms with van der Waals surface area (Å²) in [6.45, 7) is 4.09. The molecule has 3 aromatic rings. The second-order valence-electron chi connectivity index (χ2n) is 7.98. The van der Waals surface area contributed by atoms with Crippen molar-refractivity contribution in [1.29, 1.82) is 0 Å². The van der Waals surface area contributed by atoms with E-state index in [4.69, 9.17) is 4.98 Å². The summed E-state index contributed by atoms with van der Waals surface area (Å²) in [5.74, 6) is 0.696. The zero-order chi connectivity index (χ0) is 20.2. The molecule has 0 unspecified atom stereocenters. The molecule has 1 aromatic carbocycles.